The molecule has 0 saturated heterocycles. The molecule has 0 radical (unpaired) electrons. The highest BCUT2D eigenvalue weighted by Crippen LogP contribution is 2.40. The Kier molecular flexibility index (Phi) is 3.68. The molecule has 2 N–H and O–H groups in total. The van der Waals surface area contributed by atoms with Crippen LogP contribution in [0.15, 0.2) is 22.7 Å². The van der Waals surface area contributed by atoms with Crippen LogP contribution in [0.5, 0.6) is 5.75 Å². The lowest BCUT2D eigenvalue weighted by atomic mass is 9.86. The lowest BCUT2D eigenvalue weighted by Gasteiger charge is -2.21. The zero-order chi connectivity index (χ0) is 14.9. The second kappa shape index (κ2) is 5.48. The maximum atomic E-state index is 5.97. The van der Waals surface area contributed by atoms with E-state index in [4.69, 9.17) is 15.0 Å². The fraction of sp³-hybridized carbons (Fsp3) is 0.500. The number of ether oxygens (including phenoxy) is 1. The van der Waals surface area contributed by atoms with E-state index in [-0.39, 0.29) is 5.41 Å². The average molecular weight is 287 g/mol. The monoisotopic (exact) mass is 287 g/mol. The number of hydrogen-bond donors (Lipinski definition) is 1. The molecule has 1 fully saturated rings. The summed E-state index contributed by atoms with van der Waals surface area (Å²) in [6, 6.07) is 5.89. The predicted octanol–water partition coefficient (Wildman–Crippen LogP) is 2.82. The summed E-state index contributed by atoms with van der Waals surface area (Å²) in [7, 11) is 1.67. The minimum Gasteiger partial charge on any atom is -0.496 e. The average Bonchev–Trinajstić information content (AvgIpc) is 3.17. The van der Waals surface area contributed by atoms with Crippen LogP contribution >= 0.6 is 0 Å². The van der Waals surface area contributed by atoms with Crippen LogP contribution in [-0.4, -0.2) is 23.8 Å². The van der Waals surface area contributed by atoms with E-state index in [2.05, 4.69) is 10.1 Å². The molecule has 1 aromatic carbocycles. The Balaban J connectivity index is 1.93. The van der Waals surface area contributed by atoms with Crippen molar-refractivity contribution >= 4 is 0 Å². The molecule has 0 spiro atoms. The third-order valence-corrected chi connectivity index (χ3v) is 4.48. The molecule has 0 amide bonds. The first-order chi connectivity index (χ1) is 10.2. The van der Waals surface area contributed by atoms with Crippen molar-refractivity contribution in [1.82, 2.24) is 10.1 Å². The Morgan fingerprint density at radius 1 is 1.33 bits per heavy atom. The third kappa shape index (κ3) is 2.42. The molecule has 112 valence electrons. The molecule has 5 heteroatoms. The first kappa shape index (κ1) is 14.1. The van der Waals surface area contributed by atoms with Gasteiger partial charge in [0.05, 0.1) is 12.5 Å². The molecule has 1 aliphatic rings. The number of aryl methyl sites for hydroxylation is 1. The third-order valence-electron chi connectivity index (χ3n) is 4.48. The summed E-state index contributed by atoms with van der Waals surface area (Å²) in [5, 5.41) is 4.14. The highest BCUT2D eigenvalue weighted by molar-refractivity contribution is 5.58. The van der Waals surface area contributed by atoms with Crippen molar-refractivity contribution in [2.75, 3.05) is 13.7 Å². The lowest BCUT2D eigenvalue weighted by molar-refractivity contribution is 0.284. The summed E-state index contributed by atoms with van der Waals surface area (Å²) < 4.78 is 10.8. The molecule has 5 nitrogen and oxygen atoms in total. The minimum atomic E-state index is -0.118. The van der Waals surface area contributed by atoms with Crippen LogP contribution in [0.4, 0.5) is 0 Å². The lowest BCUT2D eigenvalue weighted by Crippen LogP contribution is -2.32. The van der Waals surface area contributed by atoms with E-state index in [0.29, 0.717) is 18.3 Å². The van der Waals surface area contributed by atoms with Crippen molar-refractivity contribution in [3.05, 3.63) is 29.7 Å². The van der Waals surface area contributed by atoms with Crippen LogP contribution in [0.25, 0.3) is 11.4 Å². The van der Waals surface area contributed by atoms with E-state index >= 15 is 0 Å². The van der Waals surface area contributed by atoms with E-state index in [0.717, 1.165) is 29.7 Å². The van der Waals surface area contributed by atoms with Crippen LogP contribution in [0.3, 0.4) is 0 Å². The number of hydrogen-bond acceptors (Lipinski definition) is 5. The van der Waals surface area contributed by atoms with Crippen molar-refractivity contribution in [1.29, 1.82) is 0 Å². The highest BCUT2D eigenvalue weighted by atomic mass is 16.5. The van der Waals surface area contributed by atoms with Crippen molar-refractivity contribution in [2.45, 2.75) is 38.0 Å². The Morgan fingerprint density at radius 2 is 2.10 bits per heavy atom. The molecule has 3 rings (SSSR count). The van der Waals surface area contributed by atoms with E-state index < -0.39 is 0 Å². The number of rotatable bonds is 4. The van der Waals surface area contributed by atoms with Crippen molar-refractivity contribution in [3.63, 3.8) is 0 Å². The molecule has 0 aliphatic heterocycles. The molecule has 0 bridgehead atoms. The molecule has 1 aliphatic carbocycles. The van der Waals surface area contributed by atoms with E-state index in [1.807, 2.05) is 25.1 Å². The summed E-state index contributed by atoms with van der Waals surface area (Å²) in [6.45, 7) is 2.57. The van der Waals surface area contributed by atoms with Gasteiger partial charge in [0.15, 0.2) is 0 Å². The second-order valence-corrected chi connectivity index (χ2v) is 5.80. The van der Waals surface area contributed by atoms with Gasteiger partial charge in [-0.05, 0) is 43.5 Å². The zero-order valence-electron chi connectivity index (χ0n) is 12.6. The number of benzene rings is 1. The van der Waals surface area contributed by atoms with Gasteiger partial charge in [-0.3, -0.25) is 0 Å². The molecule has 2 aromatic rings. The minimum absolute atomic E-state index is 0.118. The van der Waals surface area contributed by atoms with Crippen molar-refractivity contribution in [3.8, 4) is 17.1 Å². The number of aromatic nitrogens is 2. The van der Waals surface area contributed by atoms with Crippen LogP contribution in [0, 0.1) is 6.92 Å². The van der Waals surface area contributed by atoms with E-state index in [1.165, 1.54) is 12.8 Å². The summed E-state index contributed by atoms with van der Waals surface area (Å²) in [4.78, 5) is 4.60. The molecular weight excluding hydrogens is 266 g/mol. The van der Waals surface area contributed by atoms with Crippen molar-refractivity contribution in [2.24, 2.45) is 5.73 Å². The molecule has 1 heterocycles. The van der Waals surface area contributed by atoms with Gasteiger partial charge in [-0.2, -0.15) is 4.98 Å². The van der Waals surface area contributed by atoms with Gasteiger partial charge in [-0.15, -0.1) is 0 Å². The maximum absolute atomic E-state index is 5.97. The largest absolute Gasteiger partial charge is 0.496 e. The fourth-order valence-electron chi connectivity index (χ4n) is 3.13. The Labute approximate surface area is 124 Å². The second-order valence-electron chi connectivity index (χ2n) is 5.80. The Hall–Kier alpha value is -1.88. The molecule has 1 aromatic heterocycles. The van der Waals surface area contributed by atoms with Gasteiger partial charge < -0.3 is 15.0 Å². The maximum Gasteiger partial charge on any atom is 0.234 e. The summed E-state index contributed by atoms with van der Waals surface area (Å²) in [5.74, 6) is 2.16. The van der Waals surface area contributed by atoms with Crippen molar-refractivity contribution < 1.29 is 9.26 Å². The number of nitrogens with zero attached hydrogens (tertiary/aromatic N) is 2. The summed E-state index contributed by atoms with van der Waals surface area (Å²) in [6.07, 6.45) is 4.42. The Bertz CT molecular complexity index is 630. The van der Waals surface area contributed by atoms with Crippen LogP contribution in [0.2, 0.25) is 0 Å². The van der Waals surface area contributed by atoms with Crippen LogP contribution in [0.1, 0.15) is 37.1 Å². The van der Waals surface area contributed by atoms with Gasteiger partial charge in [0.1, 0.15) is 5.75 Å². The van der Waals surface area contributed by atoms with E-state index in [9.17, 15) is 0 Å². The number of methoxy groups -OCH3 is 1. The molecular formula is C16H21N3O2. The first-order valence-electron chi connectivity index (χ1n) is 7.38. The summed E-state index contributed by atoms with van der Waals surface area (Å²) in [5.41, 5.74) is 7.84. The normalized spacial score (nSPS) is 17.1. The van der Waals surface area contributed by atoms with Gasteiger partial charge >= 0.3 is 0 Å². The molecule has 0 unspecified atom stereocenters. The van der Waals surface area contributed by atoms with Gasteiger partial charge in [0.2, 0.25) is 11.7 Å². The van der Waals surface area contributed by atoms with Gasteiger partial charge in [-0.1, -0.05) is 18.0 Å². The van der Waals surface area contributed by atoms with Crippen LogP contribution in [-0.2, 0) is 5.41 Å². The fourth-order valence-corrected chi connectivity index (χ4v) is 3.13. The quantitative estimate of drug-likeness (QED) is 0.936. The zero-order valence-corrected chi connectivity index (χ0v) is 12.6. The Morgan fingerprint density at radius 3 is 2.71 bits per heavy atom. The summed E-state index contributed by atoms with van der Waals surface area (Å²) >= 11 is 0. The highest BCUT2D eigenvalue weighted by Gasteiger charge is 2.39. The first-order valence-corrected chi connectivity index (χ1v) is 7.38. The number of nitrogens with two attached hydrogens (primary N) is 1. The smallest absolute Gasteiger partial charge is 0.234 e. The molecule has 1 saturated carbocycles. The standard InChI is InChI=1S/C16H21N3O2/c1-11-9-12(5-6-13(11)20-2)14-18-15(21-19-14)16(10-17)7-3-4-8-16/h5-6,9H,3-4,7-8,10,17H2,1-2H3. The predicted molar refractivity (Wildman–Crippen MR) is 80.2 cm³/mol. The molecule has 21 heavy (non-hydrogen) atoms. The van der Waals surface area contributed by atoms with Gasteiger partial charge in [0, 0.05) is 12.1 Å². The SMILES string of the molecule is COc1ccc(-c2noc(C3(CN)CCCC3)n2)cc1C. The molecule has 0 atom stereocenters. The van der Waals surface area contributed by atoms with Gasteiger partial charge in [-0.25, -0.2) is 0 Å². The topological polar surface area (TPSA) is 74.2 Å². The van der Waals surface area contributed by atoms with Crippen LogP contribution < -0.4 is 10.5 Å². The van der Waals surface area contributed by atoms with Gasteiger partial charge in [0.25, 0.3) is 0 Å². The van der Waals surface area contributed by atoms with E-state index in [1.54, 1.807) is 7.11 Å².